The van der Waals surface area contributed by atoms with Crippen LogP contribution in [-0.2, 0) is 6.42 Å². The largest absolute Gasteiger partial charge is 0.573 e. The lowest BCUT2D eigenvalue weighted by molar-refractivity contribution is -0.274. The number of nitrogens with zero attached hydrogens (tertiary/aromatic N) is 3. The second-order valence-corrected chi connectivity index (χ2v) is 7.14. The summed E-state index contributed by atoms with van der Waals surface area (Å²) in [5.41, 5.74) is 1.94. The normalized spacial score (nSPS) is 14.9. The van der Waals surface area contributed by atoms with E-state index in [-0.39, 0.29) is 11.3 Å². The molecular formula is C20H17F3N4O3. The molecule has 0 atom stereocenters. The Morgan fingerprint density at radius 3 is 2.37 bits per heavy atom. The molecule has 0 unspecified atom stereocenters. The minimum atomic E-state index is -4.74. The first-order chi connectivity index (χ1) is 14.2. The molecule has 0 aliphatic heterocycles. The average molecular weight is 418 g/mol. The van der Waals surface area contributed by atoms with Crippen LogP contribution in [0.5, 0.6) is 5.75 Å². The summed E-state index contributed by atoms with van der Waals surface area (Å²) in [6.07, 6.45) is -2.03. The molecule has 1 fully saturated rings. The van der Waals surface area contributed by atoms with Crippen molar-refractivity contribution in [2.24, 2.45) is 0 Å². The number of ether oxygens (including phenoxy) is 1. The summed E-state index contributed by atoms with van der Waals surface area (Å²) in [5, 5.41) is 15.9. The summed E-state index contributed by atoms with van der Waals surface area (Å²) in [6, 6.07) is 12.8. The van der Waals surface area contributed by atoms with Crippen molar-refractivity contribution >= 4 is 6.09 Å². The van der Waals surface area contributed by atoms with E-state index in [4.69, 9.17) is 5.11 Å². The van der Waals surface area contributed by atoms with Crippen molar-refractivity contribution in [2.45, 2.75) is 31.2 Å². The van der Waals surface area contributed by atoms with Crippen LogP contribution in [0.3, 0.4) is 0 Å². The molecule has 1 heterocycles. The van der Waals surface area contributed by atoms with E-state index in [1.165, 1.54) is 35.3 Å². The minimum Gasteiger partial charge on any atom is -0.465 e. The predicted octanol–water partition coefficient (Wildman–Crippen LogP) is 4.18. The Bertz CT molecular complexity index is 1040. The first-order valence-corrected chi connectivity index (χ1v) is 9.10. The zero-order valence-corrected chi connectivity index (χ0v) is 15.6. The molecule has 1 amide bonds. The van der Waals surface area contributed by atoms with Crippen molar-refractivity contribution in [3.05, 3.63) is 60.4 Å². The first kappa shape index (κ1) is 19.7. The van der Waals surface area contributed by atoms with Gasteiger partial charge in [0.05, 0.1) is 5.69 Å². The van der Waals surface area contributed by atoms with Gasteiger partial charge in [-0.15, -0.1) is 18.3 Å². The molecule has 2 aromatic carbocycles. The van der Waals surface area contributed by atoms with Gasteiger partial charge < -0.3 is 15.2 Å². The number of nitrogens with one attached hydrogen (secondary N) is 1. The molecule has 1 aliphatic carbocycles. The Balaban J connectivity index is 1.44. The number of hydrogen-bond donors (Lipinski definition) is 2. The average Bonchev–Trinajstić information content (AvgIpc) is 3.23. The second kappa shape index (κ2) is 7.36. The topological polar surface area (TPSA) is 89.3 Å². The van der Waals surface area contributed by atoms with Gasteiger partial charge in [-0.25, -0.2) is 14.5 Å². The van der Waals surface area contributed by atoms with E-state index >= 15 is 0 Å². The number of benzene rings is 2. The summed E-state index contributed by atoms with van der Waals surface area (Å²) < 4.78 is 42.1. The number of aromatic nitrogens is 3. The molecule has 156 valence electrons. The minimum absolute atomic E-state index is 0.312. The van der Waals surface area contributed by atoms with Crippen molar-refractivity contribution in [2.75, 3.05) is 0 Å². The van der Waals surface area contributed by atoms with E-state index in [0.29, 0.717) is 17.9 Å². The van der Waals surface area contributed by atoms with Crippen LogP contribution < -0.4 is 10.1 Å². The third-order valence-electron chi connectivity index (χ3n) is 4.81. The van der Waals surface area contributed by atoms with Crippen molar-refractivity contribution in [3.8, 4) is 22.8 Å². The fourth-order valence-electron chi connectivity index (χ4n) is 3.21. The molecule has 1 saturated carbocycles. The molecule has 3 aromatic rings. The molecule has 0 saturated heterocycles. The summed E-state index contributed by atoms with van der Waals surface area (Å²) in [5.74, 6) is 0.148. The summed E-state index contributed by atoms with van der Waals surface area (Å²) in [6.45, 7) is 0. The van der Waals surface area contributed by atoms with Gasteiger partial charge >= 0.3 is 12.5 Å². The number of carboxylic acid groups (broad SMARTS) is 1. The number of hydrogen-bond acceptors (Lipinski definition) is 4. The van der Waals surface area contributed by atoms with E-state index in [2.05, 4.69) is 20.1 Å². The lowest BCUT2D eigenvalue weighted by Gasteiger charge is -2.15. The smallest absolute Gasteiger partial charge is 0.465 e. The van der Waals surface area contributed by atoms with Gasteiger partial charge in [-0.05, 0) is 49.1 Å². The standard InChI is InChI=1S/C20H17F3N4O3/c21-20(22,23)30-16-7-5-15(6-8-16)27-12-24-17(26-27)14-3-1-13(2-4-14)11-19(9-10-19)25-18(28)29/h1-8,12,25H,9-11H2,(H,28,29). The van der Waals surface area contributed by atoms with E-state index in [1.54, 1.807) is 0 Å². The highest BCUT2D eigenvalue weighted by molar-refractivity contribution is 5.66. The molecule has 4 rings (SSSR count). The van der Waals surface area contributed by atoms with E-state index in [9.17, 15) is 18.0 Å². The van der Waals surface area contributed by atoms with Crippen molar-refractivity contribution < 1.29 is 27.8 Å². The zero-order valence-electron chi connectivity index (χ0n) is 15.6. The van der Waals surface area contributed by atoms with Crippen molar-refractivity contribution in [3.63, 3.8) is 0 Å². The molecule has 7 nitrogen and oxygen atoms in total. The summed E-state index contributed by atoms with van der Waals surface area (Å²) >= 11 is 0. The number of amides is 1. The molecule has 10 heteroatoms. The zero-order chi connectivity index (χ0) is 21.4. The van der Waals surface area contributed by atoms with Crippen LogP contribution in [0.15, 0.2) is 54.9 Å². The van der Waals surface area contributed by atoms with Gasteiger partial charge in [0.25, 0.3) is 0 Å². The Morgan fingerprint density at radius 1 is 1.13 bits per heavy atom. The van der Waals surface area contributed by atoms with E-state index < -0.39 is 12.5 Å². The van der Waals surface area contributed by atoms with Crippen LogP contribution in [0.4, 0.5) is 18.0 Å². The number of rotatable bonds is 6. The molecule has 0 spiro atoms. The third kappa shape index (κ3) is 4.70. The number of halogens is 3. The number of alkyl halides is 3. The first-order valence-electron chi connectivity index (χ1n) is 9.10. The molecule has 1 aromatic heterocycles. The van der Waals surface area contributed by atoms with Crippen molar-refractivity contribution in [1.29, 1.82) is 0 Å². The Morgan fingerprint density at radius 2 is 1.80 bits per heavy atom. The maximum Gasteiger partial charge on any atom is 0.573 e. The monoisotopic (exact) mass is 418 g/mol. The molecule has 30 heavy (non-hydrogen) atoms. The molecular weight excluding hydrogens is 401 g/mol. The lowest BCUT2D eigenvalue weighted by Crippen LogP contribution is -2.37. The van der Waals surface area contributed by atoms with Gasteiger partial charge in [0.1, 0.15) is 12.1 Å². The Hall–Kier alpha value is -3.56. The quantitative estimate of drug-likeness (QED) is 0.627. The predicted molar refractivity (Wildman–Crippen MR) is 100 cm³/mol. The fourth-order valence-corrected chi connectivity index (χ4v) is 3.21. The maximum absolute atomic E-state index is 12.3. The van der Waals surface area contributed by atoms with Crippen LogP contribution in [0.2, 0.25) is 0 Å². The summed E-state index contributed by atoms with van der Waals surface area (Å²) in [7, 11) is 0. The van der Waals surface area contributed by atoms with Gasteiger partial charge in [0.2, 0.25) is 0 Å². The van der Waals surface area contributed by atoms with Gasteiger partial charge in [0, 0.05) is 11.1 Å². The summed E-state index contributed by atoms with van der Waals surface area (Å²) in [4.78, 5) is 15.1. The second-order valence-electron chi connectivity index (χ2n) is 7.14. The molecule has 1 aliphatic rings. The van der Waals surface area contributed by atoms with Gasteiger partial charge in [0.15, 0.2) is 5.82 Å². The highest BCUT2D eigenvalue weighted by Crippen LogP contribution is 2.38. The van der Waals surface area contributed by atoms with Crippen LogP contribution in [-0.4, -0.2) is 37.9 Å². The van der Waals surface area contributed by atoms with E-state index in [0.717, 1.165) is 24.0 Å². The van der Waals surface area contributed by atoms with Crippen LogP contribution in [0.1, 0.15) is 18.4 Å². The van der Waals surface area contributed by atoms with Gasteiger partial charge in [-0.2, -0.15) is 0 Å². The highest BCUT2D eigenvalue weighted by Gasteiger charge is 2.44. The molecule has 2 N–H and O–H groups in total. The fraction of sp³-hybridized carbons (Fsp3) is 0.250. The molecule has 0 bridgehead atoms. The number of carbonyl (C=O) groups is 1. The van der Waals surface area contributed by atoms with Crippen LogP contribution >= 0.6 is 0 Å². The van der Waals surface area contributed by atoms with Crippen LogP contribution in [0, 0.1) is 0 Å². The maximum atomic E-state index is 12.3. The molecule has 0 radical (unpaired) electrons. The SMILES string of the molecule is O=C(O)NC1(Cc2ccc(-c3ncn(-c4ccc(OC(F)(F)F)cc4)n3)cc2)CC1. The third-order valence-corrected chi connectivity index (χ3v) is 4.81. The lowest BCUT2D eigenvalue weighted by atomic mass is 10.0. The van der Waals surface area contributed by atoms with Gasteiger partial charge in [-0.1, -0.05) is 24.3 Å². The van der Waals surface area contributed by atoms with Crippen molar-refractivity contribution in [1.82, 2.24) is 20.1 Å². The Kier molecular flexibility index (Phi) is 4.84. The Labute approximate surface area is 169 Å². The highest BCUT2D eigenvalue weighted by atomic mass is 19.4. The van der Waals surface area contributed by atoms with E-state index in [1.807, 2.05) is 24.3 Å². The van der Waals surface area contributed by atoms with Gasteiger partial charge in [-0.3, -0.25) is 0 Å². The van der Waals surface area contributed by atoms with Crippen LogP contribution in [0.25, 0.3) is 17.1 Å².